The molecular weight excluding hydrogens is 336 g/mol. The van der Waals surface area contributed by atoms with Crippen LogP contribution in [0.15, 0.2) is 48.5 Å². The van der Waals surface area contributed by atoms with Crippen molar-refractivity contribution in [2.45, 2.75) is 11.2 Å². The first-order valence-electron chi connectivity index (χ1n) is 6.34. The zero-order valence-electron chi connectivity index (χ0n) is 11.5. The summed E-state index contributed by atoms with van der Waals surface area (Å²) in [4.78, 5) is 8.77. The van der Waals surface area contributed by atoms with Crippen molar-refractivity contribution in [1.29, 1.82) is 0 Å². The van der Waals surface area contributed by atoms with E-state index in [-0.39, 0.29) is 5.56 Å². The van der Waals surface area contributed by atoms with Gasteiger partial charge in [0.05, 0.1) is 0 Å². The monoisotopic (exact) mass is 346 g/mol. The fourth-order valence-electron chi connectivity index (χ4n) is 1.96. The normalized spacial score (nSPS) is 14.1. The van der Waals surface area contributed by atoms with E-state index in [0.29, 0.717) is 6.07 Å². The lowest BCUT2D eigenvalue weighted by Gasteiger charge is -2.32. The highest BCUT2D eigenvalue weighted by Gasteiger charge is 2.57. The largest absolute Gasteiger partial charge is 0.430 e. The summed E-state index contributed by atoms with van der Waals surface area (Å²) in [5.41, 5.74) is 4.25. The van der Waals surface area contributed by atoms with E-state index >= 15 is 0 Å². The van der Waals surface area contributed by atoms with Gasteiger partial charge in [-0.15, -0.1) is 0 Å². The fraction of sp³-hybridized carbons (Fsp3) is 0.133. The molecule has 1 amide bonds. The van der Waals surface area contributed by atoms with Crippen molar-refractivity contribution in [3.05, 3.63) is 65.5 Å². The minimum absolute atomic E-state index is 0.0116. The van der Waals surface area contributed by atoms with Crippen molar-refractivity contribution in [1.82, 2.24) is 5.32 Å². The maximum atomic E-state index is 13.5. The topological polar surface area (TPSA) is 55.1 Å². The number of nitrogens with two attached hydrogens (primary N) is 1. The Bertz CT molecular complexity index is 721. The number of amides is 1. The fourth-order valence-corrected chi connectivity index (χ4v) is 2.21. The molecule has 0 aliphatic heterocycles. The third kappa shape index (κ3) is 3.39. The molecular formula is C15H11ClF4N2O. The number of carbonyl (C=O) groups excluding carboxylic acids is 1. The Morgan fingerprint density at radius 2 is 1.70 bits per heavy atom. The average molecular weight is 347 g/mol. The lowest BCUT2D eigenvalue weighted by molar-refractivity contribution is -0.170. The Morgan fingerprint density at radius 1 is 1.09 bits per heavy atom. The molecule has 2 aromatic rings. The number of hydrogen-bond donors (Lipinski definition) is 2. The second-order valence-electron chi connectivity index (χ2n) is 4.71. The molecule has 0 spiro atoms. The van der Waals surface area contributed by atoms with E-state index in [0.717, 1.165) is 12.1 Å². The van der Waals surface area contributed by atoms with Crippen LogP contribution in [-0.4, -0.2) is 12.1 Å². The molecule has 2 aromatic carbocycles. The Labute approximate surface area is 134 Å². The first-order valence-corrected chi connectivity index (χ1v) is 6.71. The van der Waals surface area contributed by atoms with Crippen LogP contribution >= 0.6 is 11.6 Å². The molecule has 0 fully saturated rings. The second kappa shape index (κ2) is 6.08. The van der Waals surface area contributed by atoms with Gasteiger partial charge >= 0.3 is 6.18 Å². The van der Waals surface area contributed by atoms with E-state index in [1.807, 2.05) is 0 Å². The molecule has 1 atom stereocenters. The first-order chi connectivity index (χ1) is 10.6. The van der Waals surface area contributed by atoms with Crippen LogP contribution in [0.2, 0.25) is 0 Å². The van der Waals surface area contributed by atoms with Crippen molar-refractivity contribution in [2.24, 2.45) is 0 Å². The van der Waals surface area contributed by atoms with Gasteiger partial charge in [0.25, 0.3) is 5.91 Å². The standard InChI is InChI=1S/C15H11ClF4N2O/c16-14(15(18,19)20,11-7-6-10(17)8-12(11)21)22-13(23)9-4-2-1-3-5-9/h1-8H,21H2,(H,22,23). The summed E-state index contributed by atoms with van der Waals surface area (Å²) in [7, 11) is 0. The van der Waals surface area contributed by atoms with Crippen LogP contribution in [0.5, 0.6) is 0 Å². The van der Waals surface area contributed by atoms with Crippen molar-refractivity contribution in [3.8, 4) is 0 Å². The summed E-state index contributed by atoms with van der Waals surface area (Å²) in [6, 6.07) is 9.52. The van der Waals surface area contributed by atoms with Crippen molar-refractivity contribution < 1.29 is 22.4 Å². The molecule has 0 aliphatic rings. The predicted octanol–water partition coefficient (Wildman–Crippen LogP) is 3.79. The summed E-state index contributed by atoms with van der Waals surface area (Å²) in [5.74, 6) is -1.86. The van der Waals surface area contributed by atoms with Crippen LogP contribution in [0.25, 0.3) is 0 Å². The van der Waals surface area contributed by atoms with E-state index in [1.165, 1.54) is 24.3 Å². The van der Waals surface area contributed by atoms with E-state index in [2.05, 4.69) is 0 Å². The third-order valence-electron chi connectivity index (χ3n) is 3.10. The Hall–Kier alpha value is -2.28. The first kappa shape index (κ1) is 17.1. The van der Waals surface area contributed by atoms with Gasteiger partial charge in [0.2, 0.25) is 5.00 Å². The number of carbonyl (C=O) groups is 1. The molecule has 2 rings (SSSR count). The molecule has 0 aliphatic carbocycles. The highest BCUT2D eigenvalue weighted by atomic mass is 35.5. The second-order valence-corrected chi connectivity index (χ2v) is 5.27. The van der Waals surface area contributed by atoms with Crippen LogP contribution < -0.4 is 11.1 Å². The van der Waals surface area contributed by atoms with Gasteiger partial charge in [0, 0.05) is 16.8 Å². The maximum Gasteiger partial charge on any atom is 0.430 e. The van der Waals surface area contributed by atoms with Gasteiger partial charge in [0.1, 0.15) is 5.82 Å². The minimum Gasteiger partial charge on any atom is -0.398 e. The number of anilines is 1. The molecule has 0 saturated heterocycles. The van der Waals surface area contributed by atoms with Crippen molar-refractivity contribution in [3.63, 3.8) is 0 Å². The van der Waals surface area contributed by atoms with Gasteiger partial charge in [-0.3, -0.25) is 4.79 Å². The number of nitrogen functional groups attached to an aromatic ring is 1. The summed E-state index contributed by atoms with van der Waals surface area (Å²) in [5, 5.41) is 1.73. The molecule has 0 heterocycles. The molecule has 1 unspecified atom stereocenters. The van der Waals surface area contributed by atoms with Crippen LogP contribution in [0.1, 0.15) is 15.9 Å². The summed E-state index contributed by atoms with van der Waals surface area (Å²) in [6.45, 7) is 0. The number of rotatable bonds is 3. The molecule has 0 bridgehead atoms. The molecule has 23 heavy (non-hydrogen) atoms. The lowest BCUT2D eigenvalue weighted by Crippen LogP contribution is -2.52. The molecule has 122 valence electrons. The molecule has 3 N–H and O–H groups in total. The molecule has 0 aromatic heterocycles. The summed E-state index contributed by atoms with van der Waals surface area (Å²) in [6.07, 6.45) is -5.06. The number of hydrogen-bond acceptors (Lipinski definition) is 2. The lowest BCUT2D eigenvalue weighted by atomic mass is 10.0. The van der Waals surface area contributed by atoms with Crippen LogP contribution in [0, 0.1) is 5.82 Å². The van der Waals surface area contributed by atoms with Crippen molar-refractivity contribution in [2.75, 3.05) is 5.73 Å². The van der Waals surface area contributed by atoms with E-state index < -0.39 is 34.1 Å². The third-order valence-corrected chi connectivity index (χ3v) is 3.61. The number of halogens is 5. The quantitative estimate of drug-likeness (QED) is 0.384. The maximum absolute atomic E-state index is 13.5. The number of benzene rings is 2. The summed E-state index contributed by atoms with van der Waals surface area (Å²) >= 11 is 5.68. The van der Waals surface area contributed by atoms with Gasteiger partial charge in [-0.1, -0.05) is 35.9 Å². The average Bonchev–Trinajstić information content (AvgIpc) is 2.46. The van der Waals surface area contributed by atoms with E-state index in [1.54, 1.807) is 11.4 Å². The van der Waals surface area contributed by atoms with Gasteiger partial charge in [-0.25, -0.2) is 4.39 Å². The summed E-state index contributed by atoms with van der Waals surface area (Å²) < 4.78 is 53.4. The zero-order valence-corrected chi connectivity index (χ0v) is 12.3. The smallest absolute Gasteiger partial charge is 0.398 e. The molecule has 0 saturated carbocycles. The highest BCUT2D eigenvalue weighted by Crippen LogP contribution is 2.44. The van der Waals surface area contributed by atoms with Crippen LogP contribution in [0.4, 0.5) is 23.2 Å². The Morgan fingerprint density at radius 3 is 2.22 bits per heavy atom. The van der Waals surface area contributed by atoms with Gasteiger partial charge in [0.15, 0.2) is 0 Å². The minimum atomic E-state index is -5.06. The van der Waals surface area contributed by atoms with E-state index in [4.69, 9.17) is 17.3 Å². The number of nitrogens with one attached hydrogen (secondary N) is 1. The molecule has 3 nitrogen and oxygen atoms in total. The Kier molecular flexibility index (Phi) is 4.51. The van der Waals surface area contributed by atoms with Crippen LogP contribution in [0.3, 0.4) is 0 Å². The predicted molar refractivity (Wildman–Crippen MR) is 78.3 cm³/mol. The van der Waals surface area contributed by atoms with Crippen LogP contribution in [-0.2, 0) is 5.00 Å². The van der Waals surface area contributed by atoms with Crippen molar-refractivity contribution >= 4 is 23.2 Å². The molecule has 0 radical (unpaired) electrons. The SMILES string of the molecule is Nc1cc(F)ccc1C(Cl)(NC(=O)c1ccccc1)C(F)(F)F. The van der Waals surface area contributed by atoms with Gasteiger partial charge in [-0.05, 0) is 24.3 Å². The van der Waals surface area contributed by atoms with Gasteiger partial charge in [-0.2, -0.15) is 13.2 Å². The highest BCUT2D eigenvalue weighted by molar-refractivity contribution is 6.26. The number of alkyl halides is 4. The zero-order chi connectivity index (χ0) is 17.3. The molecule has 8 heteroatoms. The Balaban J connectivity index is 2.47. The van der Waals surface area contributed by atoms with E-state index in [9.17, 15) is 22.4 Å². The van der Waals surface area contributed by atoms with Gasteiger partial charge < -0.3 is 11.1 Å².